The normalized spacial score (nSPS) is 11.9. The molecule has 1 nitrogen and oxygen atoms in total. The van der Waals surface area contributed by atoms with Crippen molar-refractivity contribution in [2.24, 2.45) is 0 Å². The maximum atomic E-state index is 5.43. The number of rotatable bonds is 9. The van der Waals surface area contributed by atoms with E-state index in [1.165, 1.54) is 32.1 Å². The Morgan fingerprint density at radius 3 is 2.40 bits per heavy atom. The average Bonchev–Trinajstić information content (AvgIpc) is 2.07. The van der Waals surface area contributed by atoms with Gasteiger partial charge in [0.2, 0.25) is 0 Å². The molecule has 0 saturated heterocycles. The van der Waals surface area contributed by atoms with Gasteiger partial charge in [0.1, 0.15) is 0 Å². The maximum Gasteiger partial charge on any atom is 0.0671 e. The van der Waals surface area contributed by atoms with E-state index in [2.05, 4.69) is 38.4 Å². The predicted molar refractivity (Wildman–Crippen MR) is 79.2 cm³/mol. The highest BCUT2D eigenvalue weighted by molar-refractivity contribution is 9.26. The van der Waals surface area contributed by atoms with Crippen LogP contribution in [0.5, 0.6) is 0 Å². The fraction of sp³-hybridized carbons (Fsp3) is 0.818. The van der Waals surface area contributed by atoms with Gasteiger partial charge < -0.3 is 4.74 Å². The SMILES string of the molecule is C=C(C)COCCCCCCC([SiH3])(Br)Br. The number of ether oxygens (including phenoxy) is 1. The topological polar surface area (TPSA) is 9.23 Å². The lowest BCUT2D eigenvalue weighted by Gasteiger charge is -2.13. The lowest BCUT2D eigenvalue weighted by Crippen LogP contribution is -2.09. The number of halogens is 2. The molecule has 0 unspecified atom stereocenters. The molecule has 0 radical (unpaired) electrons. The van der Waals surface area contributed by atoms with Crippen LogP contribution in [-0.4, -0.2) is 26.3 Å². The van der Waals surface area contributed by atoms with Crippen molar-refractivity contribution in [1.82, 2.24) is 0 Å². The molecule has 90 valence electrons. The highest BCUT2D eigenvalue weighted by atomic mass is 79.9. The van der Waals surface area contributed by atoms with E-state index < -0.39 is 0 Å². The van der Waals surface area contributed by atoms with Gasteiger partial charge in [0.25, 0.3) is 0 Å². The van der Waals surface area contributed by atoms with Crippen molar-refractivity contribution < 1.29 is 4.74 Å². The zero-order chi connectivity index (χ0) is 11.7. The van der Waals surface area contributed by atoms with Gasteiger partial charge in [-0.2, -0.15) is 0 Å². The summed E-state index contributed by atoms with van der Waals surface area (Å²) in [7, 11) is 1.15. The number of hydrogen-bond donors (Lipinski definition) is 0. The first kappa shape index (κ1) is 15.9. The van der Waals surface area contributed by atoms with Gasteiger partial charge in [-0.1, -0.05) is 63.3 Å². The summed E-state index contributed by atoms with van der Waals surface area (Å²) < 4.78 is 5.69. The number of alkyl halides is 2. The predicted octanol–water partition coefficient (Wildman–Crippen LogP) is 3.34. The third-order valence-corrected chi connectivity index (χ3v) is 3.30. The van der Waals surface area contributed by atoms with E-state index in [1.54, 1.807) is 0 Å². The molecule has 0 rings (SSSR count). The average molecular weight is 358 g/mol. The van der Waals surface area contributed by atoms with E-state index in [1.807, 2.05) is 6.92 Å². The molecule has 0 N–H and O–H groups in total. The Balaban J connectivity index is 3.09. The van der Waals surface area contributed by atoms with Crippen LogP contribution in [0.3, 0.4) is 0 Å². The van der Waals surface area contributed by atoms with Crippen molar-refractivity contribution >= 4 is 42.1 Å². The fourth-order valence-electron chi connectivity index (χ4n) is 1.24. The van der Waals surface area contributed by atoms with Crippen LogP contribution >= 0.6 is 31.9 Å². The van der Waals surface area contributed by atoms with Crippen LogP contribution in [0.4, 0.5) is 0 Å². The van der Waals surface area contributed by atoms with Crippen LogP contribution in [0.25, 0.3) is 0 Å². The van der Waals surface area contributed by atoms with E-state index in [9.17, 15) is 0 Å². The monoisotopic (exact) mass is 356 g/mol. The highest BCUT2D eigenvalue weighted by Gasteiger charge is 2.13. The summed E-state index contributed by atoms with van der Waals surface area (Å²) >= 11 is 7.27. The molecule has 0 aliphatic heterocycles. The molecule has 0 aliphatic carbocycles. The quantitative estimate of drug-likeness (QED) is 0.266. The Bertz CT molecular complexity index is 178. The van der Waals surface area contributed by atoms with Crippen molar-refractivity contribution in [1.29, 1.82) is 0 Å². The lowest BCUT2D eigenvalue weighted by atomic mass is 10.2. The van der Waals surface area contributed by atoms with Gasteiger partial charge in [-0.25, -0.2) is 0 Å². The Kier molecular flexibility index (Phi) is 9.49. The second kappa shape index (κ2) is 8.96. The molecule has 0 heterocycles. The molecular weight excluding hydrogens is 336 g/mol. The third-order valence-electron chi connectivity index (χ3n) is 2.00. The molecule has 0 bridgehead atoms. The molecule has 0 amide bonds. The van der Waals surface area contributed by atoms with Crippen molar-refractivity contribution in [3.05, 3.63) is 12.2 Å². The molecule has 0 aliphatic rings. The van der Waals surface area contributed by atoms with Gasteiger partial charge in [0.05, 0.1) is 9.46 Å². The number of hydrogen-bond acceptors (Lipinski definition) is 1. The largest absolute Gasteiger partial charge is 0.377 e. The molecule has 4 heteroatoms. The number of unbranched alkanes of at least 4 members (excludes halogenated alkanes) is 3. The van der Waals surface area contributed by atoms with Crippen molar-refractivity contribution in [3.8, 4) is 0 Å². The first-order valence-corrected chi connectivity index (χ1v) is 8.10. The van der Waals surface area contributed by atoms with E-state index in [-0.39, 0.29) is 2.86 Å². The van der Waals surface area contributed by atoms with Crippen molar-refractivity contribution in [3.63, 3.8) is 0 Å². The van der Waals surface area contributed by atoms with E-state index in [0.29, 0.717) is 6.61 Å². The molecule has 0 fully saturated rings. The smallest absolute Gasteiger partial charge is 0.0671 e. The molecule has 0 spiro atoms. The standard InChI is InChI=1S/C11H22Br2OSi/c1-10(2)9-14-8-6-4-3-5-7-11(12,13)15/h1,3-9H2,2,15H3. The minimum Gasteiger partial charge on any atom is -0.377 e. The molecule has 0 atom stereocenters. The summed E-state index contributed by atoms with van der Waals surface area (Å²) in [5, 5.41) is 0. The summed E-state index contributed by atoms with van der Waals surface area (Å²) in [4.78, 5) is 0. The molecular formula is C11H22Br2OSi. The zero-order valence-electron chi connectivity index (χ0n) is 9.82. The van der Waals surface area contributed by atoms with Crippen molar-refractivity contribution in [2.75, 3.05) is 13.2 Å². The van der Waals surface area contributed by atoms with Crippen LogP contribution in [-0.2, 0) is 4.74 Å². The van der Waals surface area contributed by atoms with E-state index >= 15 is 0 Å². The Morgan fingerprint density at radius 1 is 1.27 bits per heavy atom. The second-order valence-corrected chi connectivity index (χ2v) is 13.4. The van der Waals surface area contributed by atoms with Gasteiger partial charge in [-0.3, -0.25) is 0 Å². The Morgan fingerprint density at radius 2 is 1.87 bits per heavy atom. The van der Waals surface area contributed by atoms with Crippen LogP contribution in [0.2, 0.25) is 0 Å². The summed E-state index contributed by atoms with van der Waals surface area (Å²) in [6.45, 7) is 7.39. The van der Waals surface area contributed by atoms with Crippen LogP contribution < -0.4 is 0 Å². The summed E-state index contributed by atoms with van der Waals surface area (Å²) in [5.41, 5.74) is 1.11. The van der Waals surface area contributed by atoms with Gasteiger partial charge in [0, 0.05) is 16.8 Å². The summed E-state index contributed by atoms with van der Waals surface area (Å²) in [6, 6.07) is 0. The summed E-state index contributed by atoms with van der Waals surface area (Å²) in [6.07, 6.45) is 6.27. The van der Waals surface area contributed by atoms with Gasteiger partial charge in [-0.15, -0.1) is 0 Å². The van der Waals surface area contributed by atoms with Gasteiger partial charge in [-0.05, 0) is 19.8 Å². The fourth-order valence-corrected chi connectivity index (χ4v) is 2.15. The molecule has 15 heavy (non-hydrogen) atoms. The molecule has 0 saturated carbocycles. The third kappa shape index (κ3) is 14.9. The molecule has 0 aromatic rings. The van der Waals surface area contributed by atoms with Crippen LogP contribution in [0.1, 0.15) is 39.0 Å². The van der Waals surface area contributed by atoms with Gasteiger partial charge in [0.15, 0.2) is 0 Å². The first-order chi connectivity index (χ1) is 6.92. The summed E-state index contributed by atoms with van der Waals surface area (Å²) in [5.74, 6) is 0. The maximum absolute atomic E-state index is 5.43. The van der Waals surface area contributed by atoms with Crippen molar-refractivity contribution in [2.45, 2.75) is 41.9 Å². The van der Waals surface area contributed by atoms with E-state index in [4.69, 9.17) is 4.74 Å². The zero-order valence-corrected chi connectivity index (χ0v) is 15.0. The van der Waals surface area contributed by atoms with Gasteiger partial charge >= 0.3 is 0 Å². The first-order valence-electron chi connectivity index (χ1n) is 5.52. The minimum absolute atomic E-state index is 0.260. The minimum atomic E-state index is 0.260. The highest BCUT2D eigenvalue weighted by Crippen LogP contribution is 2.28. The molecule has 0 aromatic carbocycles. The van der Waals surface area contributed by atoms with Crippen LogP contribution in [0.15, 0.2) is 12.2 Å². The lowest BCUT2D eigenvalue weighted by molar-refractivity contribution is 0.151. The van der Waals surface area contributed by atoms with E-state index in [0.717, 1.165) is 22.4 Å². The molecule has 0 aromatic heterocycles. The Hall–Kier alpha value is 0.877. The Labute approximate surface area is 114 Å². The second-order valence-electron chi connectivity index (χ2n) is 4.24. The van der Waals surface area contributed by atoms with Crippen LogP contribution in [0, 0.1) is 0 Å².